The quantitative estimate of drug-likeness (QED) is 0.195. The van der Waals surface area contributed by atoms with Crippen LogP contribution in [0.1, 0.15) is 35.3 Å². The number of rotatable bonds is 7. The highest BCUT2D eigenvalue weighted by atomic mass is 31.2. The van der Waals surface area contributed by atoms with Gasteiger partial charge in [-0.05, 0) is 60.4 Å². The summed E-state index contributed by atoms with van der Waals surface area (Å²) >= 11 is 0. The van der Waals surface area contributed by atoms with Gasteiger partial charge in [0.2, 0.25) is 7.29 Å². The first-order valence-corrected chi connectivity index (χ1v) is 16.3. The number of anilines is 1. The molecule has 2 atom stereocenters. The lowest BCUT2D eigenvalue weighted by Crippen LogP contribution is -2.30. The molecule has 0 amide bonds. The second-order valence-electron chi connectivity index (χ2n) is 9.68. The molecule has 0 aliphatic carbocycles. The van der Waals surface area contributed by atoms with Crippen LogP contribution < -0.4 is 15.1 Å². The molecule has 0 aromatic heterocycles. The smallest absolute Gasteiger partial charge is 0.232 e. The highest BCUT2D eigenvalue weighted by Crippen LogP contribution is 2.78. The Bertz CT molecular complexity index is 1400. The predicted octanol–water partition coefficient (Wildman–Crippen LogP) is 9.10. The van der Waals surface area contributed by atoms with Crippen LogP contribution in [0, 0.1) is 0 Å². The van der Waals surface area contributed by atoms with Crippen LogP contribution in [0.2, 0.25) is 0 Å². The normalized spacial score (nSPS) is 19.2. The monoisotopic (exact) mass is 531 g/mol. The fourth-order valence-corrected chi connectivity index (χ4v) is 13.7. The van der Waals surface area contributed by atoms with E-state index in [-0.39, 0.29) is 0 Å². The van der Waals surface area contributed by atoms with Crippen molar-refractivity contribution in [3.8, 4) is 0 Å². The van der Waals surface area contributed by atoms with Crippen LogP contribution in [0.25, 0.3) is 0 Å². The van der Waals surface area contributed by atoms with Crippen LogP contribution in [-0.4, -0.2) is 0 Å². The zero-order valence-electron chi connectivity index (χ0n) is 21.3. The predicted molar refractivity (Wildman–Crippen MR) is 163 cm³/mol. The molecule has 1 fully saturated rings. The molecule has 1 heterocycles. The Hall–Kier alpha value is -3.44. The molecule has 1 aliphatic rings. The fourth-order valence-electron chi connectivity index (χ4n) is 5.68. The van der Waals surface area contributed by atoms with Crippen LogP contribution in [0.5, 0.6) is 0 Å². The van der Waals surface area contributed by atoms with Gasteiger partial charge in [-0.3, -0.25) is 9.01 Å². The molecule has 2 nitrogen and oxygen atoms in total. The number of hydrogen-bond acceptors (Lipinski definition) is 1. The molecule has 0 saturated carbocycles. The fraction of sp³-hybridized carbons (Fsp3) is 0.118. The van der Waals surface area contributed by atoms with Gasteiger partial charge in [-0.25, -0.2) is 0 Å². The Morgan fingerprint density at radius 2 is 0.842 bits per heavy atom. The molecule has 5 aromatic rings. The van der Waals surface area contributed by atoms with Crippen molar-refractivity contribution in [2.75, 3.05) is 4.44 Å². The van der Waals surface area contributed by atoms with E-state index in [9.17, 15) is 0 Å². The lowest BCUT2D eigenvalue weighted by Gasteiger charge is -2.43. The van der Waals surface area contributed by atoms with Crippen molar-refractivity contribution in [3.05, 3.63) is 163 Å². The van der Waals surface area contributed by atoms with Gasteiger partial charge < -0.3 is 0 Å². The second kappa shape index (κ2) is 11.1. The Kier molecular flexibility index (Phi) is 7.28. The molecule has 1 saturated heterocycles. The molecule has 5 aromatic carbocycles. The molecule has 0 bridgehead atoms. The Labute approximate surface area is 227 Å². The summed E-state index contributed by atoms with van der Waals surface area (Å²) in [5, 5.41) is 1.76. The number of hydrogen-bond donors (Lipinski definition) is 0. The number of nitrogens with zero attached hydrogens (tertiary/aromatic N) is 1. The third kappa shape index (κ3) is 4.64. The van der Waals surface area contributed by atoms with Gasteiger partial charge in [-0.15, -0.1) is 0 Å². The molecule has 0 radical (unpaired) electrons. The zero-order valence-corrected chi connectivity index (χ0v) is 23.0. The molecular formula is C34H31NOP2. The summed E-state index contributed by atoms with van der Waals surface area (Å²) in [5.41, 5.74) is 4.31. The standard InChI is InChI=1S/C34H31NOP2/c36-38(31-22-12-4-13-23-31,32-24-14-5-15-25-32)35(30-20-10-3-11-21-30)37-33(28-16-6-1-7-17-28)26-27-34(37)29-18-8-2-9-19-29/h1-25,33-34H,26-27H2. The van der Waals surface area contributed by atoms with E-state index in [2.05, 4.69) is 89.4 Å². The number of para-hydroxylation sites is 1. The van der Waals surface area contributed by atoms with Crippen molar-refractivity contribution in [2.45, 2.75) is 24.2 Å². The van der Waals surface area contributed by atoms with Gasteiger partial charge in [-0.2, -0.15) is 0 Å². The summed E-state index contributed by atoms with van der Waals surface area (Å²) in [4.78, 5) is 0. The zero-order chi connectivity index (χ0) is 25.8. The van der Waals surface area contributed by atoms with Gasteiger partial charge in [0, 0.05) is 35.7 Å². The maximum absolute atomic E-state index is 16.0. The van der Waals surface area contributed by atoms with E-state index in [0.717, 1.165) is 29.1 Å². The lowest BCUT2D eigenvalue weighted by atomic mass is 10.0. The van der Waals surface area contributed by atoms with E-state index in [1.807, 2.05) is 66.7 Å². The van der Waals surface area contributed by atoms with Gasteiger partial charge in [0.25, 0.3) is 0 Å². The lowest BCUT2D eigenvalue weighted by molar-refractivity contribution is 0.588. The Balaban J connectivity index is 1.63. The summed E-state index contributed by atoms with van der Waals surface area (Å²) < 4.78 is 18.4. The average Bonchev–Trinajstić information content (AvgIpc) is 3.44. The van der Waals surface area contributed by atoms with Crippen molar-refractivity contribution < 1.29 is 4.57 Å². The molecule has 1 aliphatic heterocycles. The minimum Gasteiger partial charge on any atom is -0.293 e. The van der Waals surface area contributed by atoms with Gasteiger partial charge in [0.15, 0.2) is 0 Å². The van der Waals surface area contributed by atoms with Crippen LogP contribution in [-0.2, 0) is 4.57 Å². The molecule has 4 heteroatoms. The van der Waals surface area contributed by atoms with Gasteiger partial charge in [-0.1, -0.05) is 115 Å². The first-order chi connectivity index (χ1) is 18.8. The highest BCUT2D eigenvalue weighted by Gasteiger charge is 2.48. The second-order valence-corrected chi connectivity index (χ2v) is 15.0. The topological polar surface area (TPSA) is 20.3 Å². The maximum Gasteiger partial charge on any atom is 0.232 e. The SMILES string of the molecule is O=P(c1ccccc1)(c1ccccc1)N(c1ccccc1)P1C(c2ccccc2)CCC1c1ccccc1. The summed E-state index contributed by atoms with van der Waals surface area (Å²) in [5.74, 6) is 0. The minimum atomic E-state index is -3.26. The van der Waals surface area contributed by atoms with Crippen molar-refractivity contribution in [1.29, 1.82) is 0 Å². The van der Waals surface area contributed by atoms with Crippen molar-refractivity contribution in [2.24, 2.45) is 0 Å². The van der Waals surface area contributed by atoms with Crippen LogP contribution in [0.3, 0.4) is 0 Å². The summed E-state index contributed by atoms with van der Waals surface area (Å²) in [6.07, 6.45) is 2.14. The number of benzene rings is 5. The Morgan fingerprint density at radius 3 is 1.24 bits per heavy atom. The van der Waals surface area contributed by atoms with E-state index in [1.54, 1.807) is 0 Å². The molecule has 0 N–H and O–H groups in total. The maximum atomic E-state index is 16.0. The molecule has 0 spiro atoms. The molecule has 188 valence electrons. The van der Waals surface area contributed by atoms with Crippen LogP contribution >= 0.6 is 15.4 Å². The van der Waals surface area contributed by atoms with Gasteiger partial charge >= 0.3 is 0 Å². The van der Waals surface area contributed by atoms with E-state index >= 15 is 4.57 Å². The van der Waals surface area contributed by atoms with E-state index in [4.69, 9.17) is 0 Å². The molecule has 6 rings (SSSR count). The summed E-state index contributed by atoms with van der Waals surface area (Å²) in [6, 6.07) is 52.5. The molecular weight excluding hydrogens is 500 g/mol. The first kappa shape index (κ1) is 24.9. The van der Waals surface area contributed by atoms with Crippen molar-refractivity contribution in [1.82, 2.24) is 0 Å². The van der Waals surface area contributed by atoms with Crippen LogP contribution in [0.4, 0.5) is 5.69 Å². The third-order valence-electron chi connectivity index (χ3n) is 7.41. The minimum absolute atomic E-state index is 0.303. The summed E-state index contributed by atoms with van der Waals surface area (Å²) in [7, 11) is -4.19. The Morgan fingerprint density at radius 1 is 0.500 bits per heavy atom. The van der Waals surface area contributed by atoms with Crippen molar-refractivity contribution in [3.63, 3.8) is 0 Å². The molecule has 38 heavy (non-hydrogen) atoms. The largest absolute Gasteiger partial charge is 0.293 e. The van der Waals surface area contributed by atoms with Gasteiger partial charge in [0.05, 0.1) is 0 Å². The third-order valence-corrected chi connectivity index (χ3v) is 14.6. The molecule has 2 unspecified atom stereocenters. The van der Waals surface area contributed by atoms with E-state index in [0.29, 0.717) is 11.3 Å². The van der Waals surface area contributed by atoms with Crippen LogP contribution in [0.15, 0.2) is 152 Å². The first-order valence-electron chi connectivity index (χ1n) is 13.2. The van der Waals surface area contributed by atoms with E-state index < -0.39 is 15.4 Å². The van der Waals surface area contributed by atoms with E-state index in [1.165, 1.54) is 11.1 Å². The average molecular weight is 532 g/mol. The summed E-state index contributed by atoms with van der Waals surface area (Å²) in [6.45, 7) is 0. The van der Waals surface area contributed by atoms with Gasteiger partial charge in [0.1, 0.15) is 0 Å². The van der Waals surface area contributed by atoms with Crippen molar-refractivity contribution >= 4 is 31.7 Å². The highest BCUT2D eigenvalue weighted by molar-refractivity contribution is 7.89.